The Hall–Kier alpha value is -1.84. The van der Waals surface area contributed by atoms with E-state index in [0.29, 0.717) is 6.04 Å². The quantitative estimate of drug-likeness (QED) is 0.891. The molecule has 0 aliphatic heterocycles. The second-order valence-corrected chi connectivity index (χ2v) is 5.00. The number of rotatable bonds is 5. The molecule has 102 valence electrons. The van der Waals surface area contributed by atoms with Crippen molar-refractivity contribution in [2.24, 2.45) is 0 Å². The molecule has 0 atom stereocenters. The molecule has 0 saturated carbocycles. The highest BCUT2D eigenvalue weighted by atomic mass is 19.1. The first-order valence-corrected chi connectivity index (χ1v) is 6.59. The molecule has 0 aliphatic rings. The molecule has 0 spiro atoms. The lowest BCUT2D eigenvalue weighted by atomic mass is 10.1. The highest BCUT2D eigenvalue weighted by Crippen LogP contribution is 2.14. The smallest absolute Gasteiger partial charge is 0.203 e. The number of benzene rings is 1. The van der Waals surface area contributed by atoms with Crippen LogP contribution in [0.1, 0.15) is 31.0 Å². The summed E-state index contributed by atoms with van der Waals surface area (Å²) in [6, 6.07) is 5.32. The Balaban J connectivity index is 1.94. The van der Waals surface area contributed by atoms with Crippen LogP contribution in [0.5, 0.6) is 0 Å². The van der Waals surface area contributed by atoms with Crippen LogP contribution in [0.25, 0.3) is 0 Å². The Morgan fingerprint density at radius 2 is 2.16 bits per heavy atom. The van der Waals surface area contributed by atoms with Crippen molar-refractivity contribution >= 4 is 5.95 Å². The van der Waals surface area contributed by atoms with Gasteiger partial charge in [-0.3, -0.25) is 0 Å². The third kappa shape index (κ3) is 3.34. The van der Waals surface area contributed by atoms with E-state index in [0.717, 1.165) is 30.0 Å². The summed E-state index contributed by atoms with van der Waals surface area (Å²) in [6.07, 6.45) is 4.62. The van der Waals surface area contributed by atoms with E-state index in [4.69, 9.17) is 0 Å². The number of halogens is 1. The zero-order valence-electron chi connectivity index (χ0n) is 11.7. The van der Waals surface area contributed by atoms with Gasteiger partial charge < -0.3 is 9.88 Å². The number of nitrogens with one attached hydrogen (secondary N) is 1. The molecule has 0 saturated heterocycles. The summed E-state index contributed by atoms with van der Waals surface area (Å²) >= 11 is 0. The number of imidazole rings is 1. The summed E-state index contributed by atoms with van der Waals surface area (Å²) in [4.78, 5) is 4.30. The van der Waals surface area contributed by atoms with Gasteiger partial charge in [-0.15, -0.1) is 0 Å². The van der Waals surface area contributed by atoms with Crippen LogP contribution in [-0.2, 0) is 6.42 Å². The number of aryl methyl sites for hydroxylation is 1. The molecule has 1 N–H and O–H groups in total. The van der Waals surface area contributed by atoms with Gasteiger partial charge in [-0.2, -0.15) is 0 Å². The molecular formula is C15H20FN3. The third-order valence-corrected chi connectivity index (χ3v) is 3.21. The fourth-order valence-corrected chi connectivity index (χ4v) is 2.12. The minimum atomic E-state index is -0.176. The van der Waals surface area contributed by atoms with Crippen LogP contribution in [0, 0.1) is 12.7 Å². The van der Waals surface area contributed by atoms with Gasteiger partial charge in [0.15, 0.2) is 0 Å². The summed E-state index contributed by atoms with van der Waals surface area (Å²) in [5, 5.41) is 3.32. The summed E-state index contributed by atoms with van der Waals surface area (Å²) < 4.78 is 15.1. The van der Waals surface area contributed by atoms with Crippen LogP contribution in [0.4, 0.5) is 10.3 Å². The van der Waals surface area contributed by atoms with Crippen molar-refractivity contribution in [2.75, 3.05) is 11.9 Å². The van der Waals surface area contributed by atoms with Gasteiger partial charge in [-0.1, -0.05) is 6.07 Å². The molecule has 0 unspecified atom stereocenters. The van der Waals surface area contributed by atoms with E-state index in [1.54, 1.807) is 12.3 Å². The number of nitrogens with zero attached hydrogens (tertiary/aromatic N) is 2. The normalized spacial score (nSPS) is 11.0. The van der Waals surface area contributed by atoms with Crippen LogP contribution in [-0.4, -0.2) is 16.1 Å². The van der Waals surface area contributed by atoms with Gasteiger partial charge in [0.2, 0.25) is 5.95 Å². The zero-order chi connectivity index (χ0) is 13.8. The van der Waals surface area contributed by atoms with E-state index >= 15 is 0 Å². The molecular weight excluding hydrogens is 241 g/mol. The summed E-state index contributed by atoms with van der Waals surface area (Å²) in [5.74, 6) is 0.708. The maximum atomic E-state index is 13.0. The van der Waals surface area contributed by atoms with Gasteiger partial charge in [0, 0.05) is 25.0 Å². The average Bonchev–Trinajstić information content (AvgIpc) is 2.80. The van der Waals surface area contributed by atoms with Gasteiger partial charge in [-0.05, 0) is 50.5 Å². The van der Waals surface area contributed by atoms with Crippen LogP contribution < -0.4 is 5.32 Å². The van der Waals surface area contributed by atoms with Crippen LogP contribution in [0.2, 0.25) is 0 Å². The Morgan fingerprint density at radius 3 is 2.84 bits per heavy atom. The Kier molecular flexibility index (Phi) is 4.20. The van der Waals surface area contributed by atoms with E-state index in [2.05, 4.69) is 28.7 Å². The lowest BCUT2D eigenvalue weighted by Crippen LogP contribution is -2.12. The lowest BCUT2D eigenvalue weighted by molar-refractivity contribution is 0.604. The predicted molar refractivity (Wildman–Crippen MR) is 75.9 cm³/mol. The first kappa shape index (κ1) is 13.6. The summed E-state index contributed by atoms with van der Waals surface area (Å²) in [5.41, 5.74) is 2.16. The summed E-state index contributed by atoms with van der Waals surface area (Å²) in [7, 11) is 0. The van der Waals surface area contributed by atoms with E-state index in [9.17, 15) is 4.39 Å². The van der Waals surface area contributed by atoms with Gasteiger partial charge in [-0.25, -0.2) is 9.37 Å². The standard InChI is InChI=1S/C15H20FN3/c1-11(2)19-9-8-18-15(19)17-7-6-13-4-5-14(16)10-12(13)3/h4-5,8-11H,6-7H2,1-3H3,(H,17,18). The fourth-order valence-electron chi connectivity index (χ4n) is 2.12. The van der Waals surface area contributed by atoms with Crippen molar-refractivity contribution in [3.05, 3.63) is 47.5 Å². The minimum absolute atomic E-state index is 0.176. The zero-order valence-corrected chi connectivity index (χ0v) is 11.7. The molecule has 2 rings (SSSR count). The molecule has 0 fully saturated rings. The van der Waals surface area contributed by atoms with Crippen molar-refractivity contribution in [2.45, 2.75) is 33.2 Å². The molecule has 1 aromatic carbocycles. The monoisotopic (exact) mass is 261 g/mol. The fraction of sp³-hybridized carbons (Fsp3) is 0.400. The van der Waals surface area contributed by atoms with Gasteiger partial charge in [0.05, 0.1) is 0 Å². The molecule has 0 aliphatic carbocycles. The third-order valence-electron chi connectivity index (χ3n) is 3.21. The predicted octanol–water partition coefficient (Wildman–Crippen LogP) is 3.57. The maximum absolute atomic E-state index is 13.0. The van der Waals surface area contributed by atoms with Crippen molar-refractivity contribution < 1.29 is 4.39 Å². The van der Waals surface area contributed by atoms with Crippen molar-refractivity contribution in [3.63, 3.8) is 0 Å². The Morgan fingerprint density at radius 1 is 1.37 bits per heavy atom. The van der Waals surface area contributed by atoms with Crippen molar-refractivity contribution in [1.29, 1.82) is 0 Å². The molecule has 3 nitrogen and oxygen atoms in total. The van der Waals surface area contributed by atoms with Crippen LogP contribution >= 0.6 is 0 Å². The highest BCUT2D eigenvalue weighted by Gasteiger charge is 2.05. The van der Waals surface area contributed by atoms with Crippen LogP contribution in [0.3, 0.4) is 0 Å². The largest absolute Gasteiger partial charge is 0.355 e. The number of anilines is 1. The molecule has 1 aromatic heterocycles. The molecule has 0 radical (unpaired) electrons. The Labute approximate surface area is 113 Å². The lowest BCUT2D eigenvalue weighted by Gasteiger charge is -2.13. The van der Waals surface area contributed by atoms with E-state index in [1.165, 1.54) is 6.07 Å². The number of aromatic nitrogens is 2. The maximum Gasteiger partial charge on any atom is 0.203 e. The molecule has 0 amide bonds. The molecule has 1 heterocycles. The topological polar surface area (TPSA) is 29.9 Å². The first-order valence-electron chi connectivity index (χ1n) is 6.59. The van der Waals surface area contributed by atoms with E-state index < -0.39 is 0 Å². The summed E-state index contributed by atoms with van der Waals surface area (Å²) in [6.45, 7) is 6.97. The second-order valence-electron chi connectivity index (χ2n) is 5.00. The van der Waals surface area contributed by atoms with Gasteiger partial charge in [0.1, 0.15) is 5.82 Å². The number of hydrogen-bond donors (Lipinski definition) is 1. The van der Waals surface area contributed by atoms with Gasteiger partial charge in [0.25, 0.3) is 0 Å². The molecule has 0 bridgehead atoms. The minimum Gasteiger partial charge on any atom is -0.355 e. The van der Waals surface area contributed by atoms with Crippen molar-refractivity contribution in [3.8, 4) is 0 Å². The molecule has 19 heavy (non-hydrogen) atoms. The second kappa shape index (κ2) is 5.87. The first-order chi connectivity index (χ1) is 9.08. The SMILES string of the molecule is Cc1cc(F)ccc1CCNc1nccn1C(C)C. The Bertz CT molecular complexity index is 546. The number of hydrogen-bond acceptors (Lipinski definition) is 2. The van der Waals surface area contributed by atoms with E-state index in [1.807, 2.05) is 19.2 Å². The van der Waals surface area contributed by atoms with E-state index in [-0.39, 0.29) is 5.82 Å². The molecule has 4 heteroatoms. The van der Waals surface area contributed by atoms with Crippen molar-refractivity contribution in [1.82, 2.24) is 9.55 Å². The van der Waals surface area contributed by atoms with Crippen LogP contribution in [0.15, 0.2) is 30.6 Å². The highest BCUT2D eigenvalue weighted by molar-refractivity contribution is 5.30. The average molecular weight is 261 g/mol. The van der Waals surface area contributed by atoms with Gasteiger partial charge >= 0.3 is 0 Å². The molecule has 2 aromatic rings.